The van der Waals surface area contributed by atoms with E-state index < -0.39 is 0 Å². The van der Waals surface area contributed by atoms with Crippen molar-refractivity contribution >= 4 is 5.97 Å². The number of esters is 1. The number of rotatable bonds is 10. The van der Waals surface area contributed by atoms with Crippen LogP contribution < -0.4 is 14.8 Å². The van der Waals surface area contributed by atoms with Crippen molar-refractivity contribution < 1.29 is 19.0 Å². The third-order valence-electron chi connectivity index (χ3n) is 6.39. The number of para-hydroxylation sites is 2. The third-order valence-corrected chi connectivity index (χ3v) is 6.39. The first kappa shape index (κ1) is 24.8. The lowest BCUT2D eigenvalue weighted by molar-refractivity contribution is -0.143. The van der Waals surface area contributed by atoms with Crippen molar-refractivity contribution in [2.24, 2.45) is 0 Å². The molecular weight excluding hydrogens is 440 g/mol. The van der Waals surface area contributed by atoms with Crippen LogP contribution in [0.5, 0.6) is 17.2 Å². The van der Waals surface area contributed by atoms with Gasteiger partial charge in [0.25, 0.3) is 0 Å². The van der Waals surface area contributed by atoms with E-state index in [1.54, 1.807) is 7.11 Å². The predicted molar refractivity (Wildman–Crippen MR) is 137 cm³/mol. The number of nitrogens with zero attached hydrogens (tertiary/aromatic N) is 1. The zero-order chi connectivity index (χ0) is 24.5. The molecule has 1 fully saturated rings. The molecule has 35 heavy (non-hydrogen) atoms. The lowest BCUT2D eigenvalue weighted by atomic mass is 10.00. The number of likely N-dealkylation sites (tertiary alicyclic amines) is 1. The molecule has 4 rings (SSSR count). The number of ether oxygens (including phenoxy) is 3. The maximum Gasteiger partial charge on any atom is 0.323 e. The minimum absolute atomic E-state index is 0.205. The second kappa shape index (κ2) is 12.4. The fraction of sp³-hybridized carbons (Fsp3) is 0.345. The van der Waals surface area contributed by atoms with Gasteiger partial charge < -0.3 is 19.5 Å². The number of nitrogens with one attached hydrogen (secondary N) is 1. The van der Waals surface area contributed by atoms with Crippen molar-refractivity contribution in [2.45, 2.75) is 37.9 Å². The lowest BCUT2D eigenvalue weighted by Crippen LogP contribution is -2.49. The summed E-state index contributed by atoms with van der Waals surface area (Å²) in [6.45, 7) is 2.79. The normalized spacial score (nSPS) is 15.4. The van der Waals surface area contributed by atoms with Gasteiger partial charge in [0.05, 0.1) is 14.2 Å². The number of hydrogen-bond donors (Lipinski definition) is 1. The average molecular weight is 475 g/mol. The molecule has 0 radical (unpaired) electrons. The number of benzene rings is 3. The molecule has 0 saturated carbocycles. The molecule has 1 aliphatic rings. The van der Waals surface area contributed by atoms with Gasteiger partial charge in [-0.3, -0.25) is 9.69 Å². The molecule has 1 heterocycles. The zero-order valence-corrected chi connectivity index (χ0v) is 20.5. The third kappa shape index (κ3) is 7.07. The minimum atomic E-state index is -0.331. The Hall–Kier alpha value is -3.35. The van der Waals surface area contributed by atoms with Gasteiger partial charge >= 0.3 is 5.97 Å². The number of carbonyl (C=O) groups excluding carboxylic acids is 1. The van der Waals surface area contributed by atoms with E-state index in [0.29, 0.717) is 24.0 Å². The van der Waals surface area contributed by atoms with Gasteiger partial charge in [0.2, 0.25) is 0 Å². The predicted octanol–water partition coefficient (Wildman–Crippen LogP) is 4.83. The van der Waals surface area contributed by atoms with Crippen molar-refractivity contribution in [2.75, 3.05) is 27.3 Å². The topological polar surface area (TPSA) is 60.0 Å². The summed E-state index contributed by atoms with van der Waals surface area (Å²) in [6, 6.07) is 25.9. The van der Waals surface area contributed by atoms with Gasteiger partial charge in [-0.15, -0.1) is 0 Å². The van der Waals surface area contributed by atoms with Crippen molar-refractivity contribution in [3.8, 4) is 17.2 Å². The van der Waals surface area contributed by atoms with E-state index in [2.05, 4.69) is 22.3 Å². The first-order valence-corrected chi connectivity index (χ1v) is 12.1. The van der Waals surface area contributed by atoms with E-state index in [1.165, 1.54) is 12.7 Å². The Morgan fingerprint density at radius 1 is 0.914 bits per heavy atom. The van der Waals surface area contributed by atoms with E-state index in [9.17, 15) is 4.79 Å². The largest absolute Gasteiger partial charge is 0.493 e. The van der Waals surface area contributed by atoms with E-state index >= 15 is 0 Å². The van der Waals surface area contributed by atoms with Gasteiger partial charge in [0.1, 0.15) is 11.8 Å². The second-order valence-corrected chi connectivity index (χ2v) is 8.88. The van der Waals surface area contributed by atoms with Crippen LogP contribution in [0.3, 0.4) is 0 Å². The summed E-state index contributed by atoms with van der Waals surface area (Å²) in [4.78, 5) is 14.8. The molecule has 3 aromatic carbocycles. The quantitative estimate of drug-likeness (QED) is 0.425. The van der Waals surface area contributed by atoms with E-state index in [-0.39, 0.29) is 12.0 Å². The van der Waals surface area contributed by atoms with E-state index in [0.717, 1.165) is 43.8 Å². The Kier molecular flexibility index (Phi) is 8.76. The van der Waals surface area contributed by atoms with Crippen molar-refractivity contribution in [1.29, 1.82) is 0 Å². The van der Waals surface area contributed by atoms with Crippen LogP contribution in [0.2, 0.25) is 0 Å². The van der Waals surface area contributed by atoms with Crippen LogP contribution in [0.15, 0.2) is 78.9 Å². The molecule has 0 aromatic heterocycles. The average Bonchev–Trinajstić information content (AvgIpc) is 2.90. The Bertz CT molecular complexity index is 1080. The molecule has 3 aromatic rings. The molecule has 1 unspecified atom stereocenters. The Labute approximate surface area is 207 Å². The van der Waals surface area contributed by atoms with E-state index in [4.69, 9.17) is 14.2 Å². The Morgan fingerprint density at radius 2 is 1.60 bits per heavy atom. The summed E-state index contributed by atoms with van der Waals surface area (Å²) < 4.78 is 16.5. The summed E-state index contributed by atoms with van der Waals surface area (Å²) in [5.41, 5.74) is 2.34. The van der Waals surface area contributed by atoms with Gasteiger partial charge in [-0.2, -0.15) is 0 Å². The molecule has 0 bridgehead atoms. The van der Waals surface area contributed by atoms with E-state index in [1.807, 2.05) is 66.7 Å². The molecule has 1 atom stereocenters. The summed E-state index contributed by atoms with van der Waals surface area (Å²) in [7, 11) is 3.10. The smallest absolute Gasteiger partial charge is 0.323 e. The monoisotopic (exact) mass is 474 g/mol. The highest BCUT2D eigenvalue weighted by Gasteiger charge is 2.26. The molecule has 0 aliphatic carbocycles. The van der Waals surface area contributed by atoms with Crippen LogP contribution in [0, 0.1) is 0 Å². The number of piperidine rings is 1. The standard InChI is InChI=1S/C29H34N2O4/c1-33-27-13-6-7-14-28(27)35-25-12-8-11-23(19-25)21-31-17-15-24(16-18-31)30-26(29(32)34-2)20-22-9-4-3-5-10-22/h3-14,19,24,26,30H,15-18,20-21H2,1-2H3. The summed E-state index contributed by atoms with van der Waals surface area (Å²) in [5.74, 6) is 2.01. The number of methoxy groups -OCH3 is 2. The van der Waals surface area contributed by atoms with Gasteiger partial charge in [0.15, 0.2) is 11.5 Å². The van der Waals surface area contributed by atoms with Gasteiger partial charge in [-0.05, 0) is 67.7 Å². The van der Waals surface area contributed by atoms with Crippen LogP contribution in [-0.2, 0) is 22.5 Å². The summed E-state index contributed by atoms with van der Waals surface area (Å²) >= 11 is 0. The molecule has 6 nitrogen and oxygen atoms in total. The first-order chi connectivity index (χ1) is 17.1. The van der Waals surface area contributed by atoms with Crippen molar-refractivity contribution in [3.63, 3.8) is 0 Å². The Morgan fingerprint density at radius 3 is 2.31 bits per heavy atom. The summed E-state index contributed by atoms with van der Waals surface area (Å²) in [5, 5.41) is 3.55. The molecule has 1 aliphatic heterocycles. The fourth-order valence-corrected chi connectivity index (χ4v) is 4.54. The molecule has 6 heteroatoms. The maximum atomic E-state index is 12.4. The zero-order valence-electron chi connectivity index (χ0n) is 20.5. The van der Waals surface area contributed by atoms with Crippen LogP contribution in [0.25, 0.3) is 0 Å². The van der Waals surface area contributed by atoms with Gasteiger partial charge in [0, 0.05) is 12.6 Å². The van der Waals surface area contributed by atoms with Crippen LogP contribution in [0.1, 0.15) is 24.0 Å². The molecule has 1 saturated heterocycles. The van der Waals surface area contributed by atoms with Crippen molar-refractivity contribution in [1.82, 2.24) is 10.2 Å². The van der Waals surface area contributed by atoms with Crippen molar-refractivity contribution in [3.05, 3.63) is 90.0 Å². The second-order valence-electron chi connectivity index (χ2n) is 8.88. The Balaban J connectivity index is 1.30. The highest BCUT2D eigenvalue weighted by molar-refractivity contribution is 5.76. The number of hydrogen-bond acceptors (Lipinski definition) is 6. The van der Waals surface area contributed by atoms with Crippen LogP contribution >= 0.6 is 0 Å². The van der Waals surface area contributed by atoms with Gasteiger partial charge in [-0.25, -0.2) is 0 Å². The highest BCUT2D eigenvalue weighted by Crippen LogP contribution is 2.31. The molecule has 184 valence electrons. The SMILES string of the molecule is COC(=O)C(Cc1ccccc1)NC1CCN(Cc2cccc(Oc3ccccc3OC)c2)CC1. The first-order valence-electron chi connectivity index (χ1n) is 12.1. The lowest BCUT2D eigenvalue weighted by Gasteiger charge is -2.34. The molecule has 0 spiro atoms. The molecule has 0 amide bonds. The number of carbonyl (C=O) groups is 1. The van der Waals surface area contributed by atoms with Crippen LogP contribution in [-0.4, -0.2) is 50.3 Å². The molecular formula is C29H34N2O4. The maximum absolute atomic E-state index is 12.4. The van der Waals surface area contributed by atoms with Crippen LogP contribution in [0.4, 0.5) is 0 Å². The fourth-order valence-electron chi connectivity index (χ4n) is 4.54. The highest BCUT2D eigenvalue weighted by atomic mass is 16.5. The van der Waals surface area contributed by atoms with Gasteiger partial charge in [-0.1, -0.05) is 54.6 Å². The molecule has 1 N–H and O–H groups in total. The minimum Gasteiger partial charge on any atom is -0.493 e. The summed E-state index contributed by atoms with van der Waals surface area (Å²) in [6.07, 6.45) is 2.60.